The number of carbonyl (C=O) groups is 1. The lowest BCUT2D eigenvalue weighted by molar-refractivity contribution is 0.103. The van der Waals surface area contributed by atoms with E-state index < -0.39 is 0 Å². The van der Waals surface area contributed by atoms with Gasteiger partial charge in [0.2, 0.25) is 5.56 Å². The molecule has 0 aromatic carbocycles. The second-order valence-electron chi connectivity index (χ2n) is 4.27. The number of H-pyrrole nitrogens is 1. The molecule has 5 nitrogen and oxygen atoms in total. The first-order chi connectivity index (χ1) is 9.08. The van der Waals surface area contributed by atoms with E-state index in [2.05, 4.69) is 4.98 Å². The molecule has 5 heteroatoms. The highest BCUT2D eigenvalue weighted by atomic mass is 16.3. The predicted octanol–water partition coefficient (Wildman–Crippen LogP) is 1.73. The zero-order valence-corrected chi connectivity index (χ0v) is 10.7. The molecule has 0 atom stereocenters. The number of aromatic nitrogens is 1. The van der Waals surface area contributed by atoms with E-state index in [9.17, 15) is 9.59 Å². The average molecular weight is 258 g/mol. The first-order valence-electron chi connectivity index (χ1n) is 5.73. The van der Waals surface area contributed by atoms with Gasteiger partial charge < -0.3 is 14.3 Å². The zero-order valence-electron chi connectivity index (χ0n) is 10.7. The van der Waals surface area contributed by atoms with Crippen LogP contribution in [0.4, 0.5) is 0 Å². The molecule has 2 aromatic rings. The van der Waals surface area contributed by atoms with Crippen molar-refractivity contribution in [3.8, 4) is 0 Å². The van der Waals surface area contributed by atoms with Crippen LogP contribution in [-0.2, 0) is 0 Å². The van der Waals surface area contributed by atoms with Crippen LogP contribution in [0.25, 0.3) is 6.08 Å². The Balaban J connectivity index is 2.45. The number of carbonyl (C=O) groups excluding carboxylic acids is 1. The summed E-state index contributed by atoms with van der Waals surface area (Å²) in [5.41, 5.74) is 1.11. The van der Waals surface area contributed by atoms with Gasteiger partial charge in [-0.25, -0.2) is 0 Å². The van der Waals surface area contributed by atoms with E-state index >= 15 is 0 Å². The van der Waals surface area contributed by atoms with Crippen LogP contribution in [0.1, 0.15) is 21.6 Å². The molecule has 0 spiro atoms. The Morgan fingerprint density at radius 1 is 1.32 bits per heavy atom. The minimum Gasteiger partial charge on any atom is -0.472 e. The summed E-state index contributed by atoms with van der Waals surface area (Å²) < 4.78 is 4.90. The fourth-order valence-corrected chi connectivity index (χ4v) is 1.59. The number of rotatable bonds is 4. The number of nitrogens with zero attached hydrogens (tertiary/aromatic N) is 1. The molecule has 1 N–H and O–H groups in total. The Morgan fingerprint density at radius 3 is 2.74 bits per heavy atom. The van der Waals surface area contributed by atoms with Gasteiger partial charge >= 0.3 is 0 Å². The molecular weight excluding hydrogens is 244 g/mol. The Bertz CT molecular complexity index is 652. The lowest BCUT2D eigenvalue weighted by Gasteiger charge is -2.06. The molecule has 0 aliphatic rings. The number of furan rings is 1. The lowest BCUT2D eigenvalue weighted by Crippen LogP contribution is -2.12. The summed E-state index contributed by atoms with van der Waals surface area (Å²) >= 11 is 0. The van der Waals surface area contributed by atoms with Gasteiger partial charge in [-0.2, -0.15) is 0 Å². The molecule has 0 unspecified atom stereocenters. The van der Waals surface area contributed by atoms with Gasteiger partial charge in [0.25, 0.3) is 0 Å². The van der Waals surface area contributed by atoms with E-state index in [1.165, 1.54) is 24.7 Å². The maximum Gasteiger partial charge on any atom is 0.248 e. The standard InChI is InChI=1S/C14H14N2O3/c1-16(2)7-5-12-11(3-4-13(17)15-12)14(18)10-6-8-19-9-10/h3-9H,1-2H3,(H,15,17). The molecule has 0 amide bonds. The number of ketones is 1. The normalized spacial score (nSPS) is 10.8. The number of pyridine rings is 1. The van der Waals surface area contributed by atoms with Crippen molar-refractivity contribution < 1.29 is 9.21 Å². The predicted molar refractivity (Wildman–Crippen MR) is 71.9 cm³/mol. The topological polar surface area (TPSA) is 66.3 Å². The van der Waals surface area contributed by atoms with Crippen molar-refractivity contribution in [1.29, 1.82) is 0 Å². The maximum absolute atomic E-state index is 12.3. The largest absolute Gasteiger partial charge is 0.472 e. The van der Waals surface area contributed by atoms with E-state index in [0.29, 0.717) is 16.8 Å². The van der Waals surface area contributed by atoms with Crippen molar-refractivity contribution in [2.75, 3.05) is 14.1 Å². The second kappa shape index (κ2) is 5.39. The summed E-state index contributed by atoms with van der Waals surface area (Å²) in [6.07, 6.45) is 6.27. The summed E-state index contributed by atoms with van der Waals surface area (Å²) in [7, 11) is 3.71. The second-order valence-corrected chi connectivity index (χ2v) is 4.27. The van der Waals surface area contributed by atoms with Gasteiger partial charge in [0.1, 0.15) is 6.26 Å². The van der Waals surface area contributed by atoms with Gasteiger partial charge in [-0.3, -0.25) is 9.59 Å². The van der Waals surface area contributed by atoms with Crippen molar-refractivity contribution in [3.63, 3.8) is 0 Å². The summed E-state index contributed by atoms with van der Waals surface area (Å²) in [6, 6.07) is 4.44. The van der Waals surface area contributed by atoms with E-state index in [1.54, 1.807) is 18.3 Å². The van der Waals surface area contributed by atoms with E-state index in [1.807, 2.05) is 19.0 Å². The van der Waals surface area contributed by atoms with Crippen LogP contribution in [0.5, 0.6) is 0 Å². The minimum absolute atomic E-state index is 0.191. The monoisotopic (exact) mass is 258 g/mol. The summed E-state index contributed by atoms with van der Waals surface area (Å²) in [5.74, 6) is -0.191. The van der Waals surface area contributed by atoms with Crippen molar-refractivity contribution in [1.82, 2.24) is 9.88 Å². The minimum atomic E-state index is -0.248. The van der Waals surface area contributed by atoms with Crippen LogP contribution in [0.15, 0.2) is 46.1 Å². The fraction of sp³-hybridized carbons (Fsp3) is 0.143. The van der Waals surface area contributed by atoms with Crippen molar-refractivity contribution >= 4 is 11.9 Å². The number of nitrogens with one attached hydrogen (secondary N) is 1. The number of hydrogen-bond acceptors (Lipinski definition) is 4. The third kappa shape index (κ3) is 3.01. The molecule has 0 saturated carbocycles. The fourth-order valence-electron chi connectivity index (χ4n) is 1.59. The highest BCUT2D eigenvalue weighted by molar-refractivity contribution is 6.10. The Morgan fingerprint density at radius 2 is 2.11 bits per heavy atom. The average Bonchev–Trinajstić information content (AvgIpc) is 2.89. The number of aromatic amines is 1. The molecular formula is C14H14N2O3. The van der Waals surface area contributed by atoms with Gasteiger partial charge in [-0.05, 0) is 18.2 Å². The first-order valence-corrected chi connectivity index (χ1v) is 5.73. The van der Waals surface area contributed by atoms with Crippen LogP contribution in [-0.4, -0.2) is 29.8 Å². The van der Waals surface area contributed by atoms with E-state index in [-0.39, 0.29) is 11.3 Å². The van der Waals surface area contributed by atoms with Crippen molar-refractivity contribution in [2.45, 2.75) is 0 Å². The van der Waals surface area contributed by atoms with Crippen molar-refractivity contribution in [2.24, 2.45) is 0 Å². The van der Waals surface area contributed by atoms with Gasteiger partial charge in [0, 0.05) is 31.9 Å². The van der Waals surface area contributed by atoms with Crippen molar-refractivity contribution in [3.05, 3.63) is 64.1 Å². The van der Waals surface area contributed by atoms with Crippen LogP contribution in [0.2, 0.25) is 0 Å². The van der Waals surface area contributed by atoms with Gasteiger partial charge in [-0.15, -0.1) is 0 Å². The summed E-state index contributed by atoms with van der Waals surface area (Å²) in [6.45, 7) is 0. The first kappa shape index (κ1) is 12.9. The molecule has 2 heterocycles. The molecule has 0 fully saturated rings. The maximum atomic E-state index is 12.3. The Hall–Kier alpha value is -2.56. The van der Waals surface area contributed by atoms with Gasteiger partial charge in [0.05, 0.1) is 17.5 Å². The molecule has 2 aromatic heterocycles. The van der Waals surface area contributed by atoms with E-state index in [4.69, 9.17) is 4.42 Å². The molecule has 2 rings (SSSR count). The lowest BCUT2D eigenvalue weighted by atomic mass is 10.0. The van der Waals surface area contributed by atoms with Crippen LogP contribution in [0, 0.1) is 0 Å². The third-order valence-electron chi connectivity index (χ3n) is 2.52. The summed E-state index contributed by atoms with van der Waals surface area (Å²) in [5, 5.41) is 0. The number of hydrogen-bond donors (Lipinski definition) is 1. The van der Waals surface area contributed by atoms with Gasteiger partial charge in [-0.1, -0.05) is 0 Å². The molecule has 0 aliphatic heterocycles. The molecule has 0 aliphatic carbocycles. The molecule has 0 saturated heterocycles. The molecule has 98 valence electrons. The van der Waals surface area contributed by atoms with E-state index in [0.717, 1.165) is 0 Å². The highest BCUT2D eigenvalue weighted by Gasteiger charge is 2.14. The Labute approximate surface area is 110 Å². The van der Waals surface area contributed by atoms with Crippen LogP contribution < -0.4 is 5.56 Å². The zero-order chi connectivity index (χ0) is 13.8. The molecule has 0 bridgehead atoms. The third-order valence-corrected chi connectivity index (χ3v) is 2.52. The molecule has 0 radical (unpaired) electrons. The SMILES string of the molecule is CN(C)C=Cc1[nH]c(=O)ccc1C(=O)c1ccoc1. The highest BCUT2D eigenvalue weighted by Crippen LogP contribution is 2.13. The Kier molecular flexibility index (Phi) is 3.66. The molecule has 19 heavy (non-hydrogen) atoms. The van der Waals surface area contributed by atoms with Crippen LogP contribution >= 0.6 is 0 Å². The smallest absolute Gasteiger partial charge is 0.248 e. The quantitative estimate of drug-likeness (QED) is 0.848. The van der Waals surface area contributed by atoms with Crippen LogP contribution in [0.3, 0.4) is 0 Å². The summed E-state index contributed by atoms with van der Waals surface area (Å²) in [4.78, 5) is 28.1. The van der Waals surface area contributed by atoms with Gasteiger partial charge in [0.15, 0.2) is 5.78 Å².